The first-order valence-electron chi connectivity index (χ1n) is 7.15. The van der Waals surface area contributed by atoms with Crippen LogP contribution in [0.1, 0.15) is 54.4 Å². The van der Waals surface area contributed by atoms with Crippen LogP contribution in [0.4, 0.5) is 0 Å². The molecule has 0 aliphatic heterocycles. The van der Waals surface area contributed by atoms with Crippen LogP contribution in [0.15, 0.2) is 12.1 Å². The summed E-state index contributed by atoms with van der Waals surface area (Å²) in [6, 6.07) is 3.81. The largest absolute Gasteiger partial charge is 0.392 e. The van der Waals surface area contributed by atoms with Crippen molar-refractivity contribution in [2.24, 2.45) is 0 Å². The molecule has 0 atom stereocenters. The maximum Gasteiger partial charge on any atom is 0.162 e. The maximum atomic E-state index is 9.04. The van der Waals surface area contributed by atoms with Crippen molar-refractivity contribution in [2.75, 3.05) is 0 Å². The van der Waals surface area contributed by atoms with E-state index in [0.29, 0.717) is 12.8 Å². The first-order valence-corrected chi connectivity index (χ1v) is 7.15. The number of hydrogen-bond acceptors (Lipinski definition) is 4. The summed E-state index contributed by atoms with van der Waals surface area (Å²) >= 11 is 0. The zero-order valence-electron chi connectivity index (χ0n) is 12.4. The fourth-order valence-electron chi connectivity index (χ4n) is 2.42. The normalized spacial score (nSPS) is 17.3. The Balaban J connectivity index is 0.000000217. The van der Waals surface area contributed by atoms with Gasteiger partial charge in [-0.05, 0) is 48.9 Å². The van der Waals surface area contributed by atoms with E-state index in [-0.39, 0.29) is 13.2 Å². The van der Waals surface area contributed by atoms with Crippen molar-refractivity contribution in [1.29, 1.82) is 0 Å². The van der Waals surface area contributed by atoms with Crippen LogP contribution in [0.5, 0.6) is 0 Å². The monoisotopic (exact) mass is 282 g/mol. The molecule has 20 heavy (non-hydrogen) atoms. The predicted octanol–water partition coefficient (Wildman–Crippen LogP) is 1.92. The van der Waals surface area contributed by atoms with Crippen LogP contribution in [0.25, 0.3) is 0 Å². The van der Waals surface area contributed by atoms with Crippen molar-refractivity contribution in [1.82, 2.24) is 0 Å². The van der Waals surface area contributed by atoms with Gasteiger partial charge in [-0.15, -0.1) is 0 Å². The molecule has 114 valence electrons. The van der Waals surface area contributed by atoms with E-state index in [0.717, 1.165) is 41.5 Å². The lowest BCUT2D eigenvalue weighted by Gasteiger charge is -2.25. The summed E-state index contributed by atoms with van der Waals surface area (Å²) in [6.07, 6.45) is 4.21. The lowest BCUT2D eigenvalue weighted by atomic mass is 9.95. The molecule has 1 aromatic carbocycles. The molecule has 4 heteroatoms. The van der Waals surface area contributed by atoms with Gasteiger partial charge in [0.2, 0.25) is 0 Å². The van der Waals surface area contributed by atoms with Crippen molar-refractivity contribution in [3.8, 4) is 0 Å². The number of aliphatic hydroxyl groups excluding tert-OH is 2. The fourth-order valence-corrected chi connectivity index (χ4v) is 2.42. The van der Waals surface area contributed by atoms with Gasteiger partial charge in [-0.2, -0.15) is 0 Å². The van der Waals surface area contributed by atoms with Gasteiger partial charge in [-0.25, -0.2) is 0 Å². The number of hydrogen-bond donors (Lipinski definition) is 4. The first-order chi connectivity index (χ1) is 9.41. The highest BCUT2D eigenvalue weighted by Crippen LogP contribution is 2.24. The van der Waals surface area contributed by atoms with Crippen LogP contribution in [-0.2, 0) is 13.2 Å². The Morgan fingerprint density at radius 2 is 1.55 bits per heavy atom. The molecule has 0 bridgehead atoms. The van der Waals surface area contributed by atoms with Crippen LogP contribution in [-0.4, -0.2) is 26.2 Å². The summed E-state index contributed by atoms with van der Waals surface area (Å²) in [6.45, 7) is 3.95. The predicted molar refractivity (Wildman–Crippen MR) is 78.0 cm³/mol. The van der Waals surface area contributed by atoms with Crippen molar-refractivity contribution in [3.05, 3.63) is 34.4 Å². The van der Waals surface area contributed by atoms with Gasteiger partial charge in [0.05, 0.1) is 13.2 Å². The number of aryl methyl sites for hydroxylation is 1. The van der Waals surface area contributed by atoms with E-state index in [4.69, 9.17) is 20.4 Å². The van der Waals surface area contributed by atoms with E-state index < -0.39 is 5.79 Å². The molecule has 2 rings (SSSR count). The second-order valence-electron chi connectivity index (χ2n) is 5.50. The molecular formula is C16H26O4. The zero-order chi connectivity index (χ0) is 15.2. The van der Waals surface area contributed by atoms with Crippen molar-refractivity contribution in [3.63, 3.8) is 0 Å². The van der Waals surface area contributed by atoms with E-state index in [2.05, 4.69) is 0 Å². The van der Waals surface area contributed by atoms with Gasteiger partial charge in [-0.3, -0.25) is 0 Å². The molecule has 0 amide bonds. The fraction of sp³-hybridized carbons (Fsp3) is 0.625. The van der Waals surface area contributed by atoms with Gasteiger partial charge in [0.25, 0.3) is 0 Å². The molecule has 1 fully saturated rings. The number of aliphatic hydroxyl groups is 4. The molecule has 4 N–H and O–H groups in total. The minimum absolute atomic E-state index is 0.00296. The van der Waals surface area contributed by atoms with E-state index >= 15 is 0 Å². The van der Waals surface area contributed by atoms with Gasteiger partial charge in [0.15, 0.2) is 5.79 Å². The van der Waals surface area contributed by atoms with Crippen LogP contribution in [0.2, 0.25) is 0 Å². The molecule has 1 saturated carbocycles. The molecule has 1 aliphatic carbocycles. The third-order valence-corrected chi connectivity index (χ3v) is 3.95. The average Bonchev–Trinajstić information content (AvgIpc) is 2.42. The average molecular weight is 282 g/mol. The van der Waals surface area contributed by atoms with Gasteiger partial charge in [-0.1, -0.05) is 18.6 Å². The molecule has 0 radical (unpaired) electrons. The van der Waals surface area contributed by atoms with Crippen LogP contribution < -0.4 is 0 Å². The van der Waals surface area contributed by atoms with Gasteiger partial charge < -0.3 is 20.4 Å². The molecule has 4 nitrogen and oxygen atoms in total. The summed E-state index contributed by atoms with van der Waals surface area (Å²) in [7, 11) is 0. The van der Waals surface area contributed by atoms with Crippen LogP contribution in [0, 0.1) is 13.8 Å². The molecule has 0 aromatic heterocycles. The van der Waals surface area contributed by atoms with Crippen molar-refractivity contribution >= 4 is 0 Å². The lowest BCUT2D eigenvalue weighted by Crippen LogP contribution is -2.30. The summed E-state index contributed by atoms with van der Waals surface area (Å²) in [5, 5.41) is 35.9. The number of rotatable bonds is 2. The molecule has 1 aromatic rings. The van der Waals surface area contributed by atoms with E-state index in [1.54, 1.807) is 0 Å². The Bertz CT molecular complexity index is 419. The Morgan fingerprint density at radius 3 is 1.95 bits per heavy atom. The van der Waals surface area contributed by atoms with Crippen molar-refractivity contribution < 1.29 is 20.4 Å². The Hall–Kier alpha value is -0.940. The molecule has 0 saturated heterocycles. The lowest BCUT2D eigenvalue weighted by molar-refractivity contribution is -0.180. The summed E-state index contributed by atoms with van der Waals surface area (Å²) in [4.78, 5) is 0. The summed E-state index contributed by atoms with van der Waals surface area (Å²) < 4.78 is 0. The van der Waals surface area contributed by atoms with Gasteiger partial charge in [0, 0.05) is 12.8 Å². The van der Waals surface area contributed by atoms with E-state index in [9.17, 15) is 0 Å². The van der Waals surface area contributed by atoms with E-state index in [1.807, 2.05) is 26.0 Å². The minimum Gasteiger partial charge on any atom is -0.392 e. The van der Waals surface area contributed by atoms with Gasteiger partial charge >= 0.3 is 0 Å². The molecule has 1 aliphatic rings. The highest BCUT2D eigenvalue weighted by atomic mass is 16.5. The molecule has 0 heterocycles. The third kappa shape index (κ3) is 4.87. The first kappa shape index (κ1) is 17.1. The Kier molecular flexibility index (Phi) is 6.62. The SMILES string of the molecule is Cc1ccc(CO)c(CO)c1C.OC1(O)CCCCC1. The molecular weight excluding hydrogens is 256 g/mol. The maximum absolute atomic E-state index is 9.04. The molecule has 0 unspecified atom stereocenters. The smallest absolute Gasteiger partial charge is 0.162 e. The van der Waals surface area contributed by atoms with E-state index in [1.165, 1.54) is 0 Å². The number of benzene rings is 1. The van der Waals surface area contributed by atoms with Crippen LogP contribution in [0.3, 0.4) is 0 Å². The van der Waals surface area contributed by atoms with Gasteiger partial charge in [0.1, 0.15) is 0 Å². The topological polar surface area (TPSA) is 80.9 Å². The minimum atomic E-state index is -1.32. The highest BCUT2D eigenvalue weighted by molar-refractivity contribution is 5.38. The zero-order valence-corrected chi connectivity index (χ0v) is 12.4. The Morgan fingerprint density at radius 1 is 0.950 bits per heavy atom. The Labute approximate surface area is 120 Å². The van der Waals surface area contributed by atoms with Crippen molar-refractivity contribution in [2.45, 2.75) is 65.0 Å². The highest BCUT2D eigenvalue weighted by Gasteiger charge is 2.24. The quantitative estimate of drug-likeness (QED) is 0.625. The van der Waals surface area contributed by atoms with Crippen LogP contribution >= 0.6 is 0 Å². The third-order valence-electron chi connectivity index (χ3n) is 3.95. The standard InChI is InChI=1S/C10H14O2.C6H12O2/c1-7-3-4-9(5-11)10(6-12)8(7)2;7-6(8)4-2-1-3-5-6/h3-4,11-12H,5-6H2,1-2H3;7-8H,1-5H2. The molecule has 0 spiro atoms. The second kappa shape index (κ2) is 7.74. The second-order valence-corrected chi connectivity index (χ2v) is 5.50. The summed E-state index contributed by atoms with van der Waals surface area (Å²) in [5.41, 5.74) is 3.90. The summed E-state index contributed by atoms with van der Waals surface area (Å²) in [5.74, 6) is -1.32.